The number of ether oxygens (including phenoxy) is 1. The molecule has 0 aliphatic carbocycles. The van der Waals surface area contributed by atoms with Gasteiger partial charge in [0, 0.05) is 37.8 Å². The molecule has 1 saturated heterocycles. The van der Waals surface area contributed by atoms with E-state index >= 15 is 0 Å². The van der Waals surface area contributed by atoms with Crippen LogP contribution in [0.3, 0.4) is 0 Å². The number of piperazine rings is 1. The van der Waals surface area contributed by atoms with Crippen LogP contribution in [0.5, 0.6) is 5.75 Å². The third-order valence-electron chi connectivity index (χ3n) is 4.98. The predicted octanol–water partition coefficient (Wildman–Crippen LogP) is 4.23. The highest BCUT2D eigenvalue weighted by atomic mass is 79.9. The van der Waals surface area contributed by atoms with E-state index in [0.717, 1.165) is 5.56 Å². The fourth-order valence-corrected chi connectivity index (χ4v) is 3.76. The summed E-state index contributed by atoms with van der Waals surface area (Å²) in [5, 5.41) is 0. The first kappa shape index (κ1) is 20.7. The van der Waals surface area contributed by atoms with E-state index in [1.807, 2.05) is 6.92 Å². The lowest BCUT2D eigenvalue weighted by molar-refractivity contribution is -0.139. The second kappa shape index (κ2) is 9.01. The monoisotopic (exact) mass is 452 g/mol. The Morgan fingerprint density at radius 2 is 1.75 bits per heavy atom. The van der Waals surface area contributed by atoms with Gasteiger partial charge in [-0.25, -0.2) is 8.78 Å². The Hall–Kier alpha value is -1.99. The zero-order valence-electron chi connectivity index (χ0n) is 15.9. The number of carbonyl (C=O) groups is 1. The van der Waals surface area contributed by atoms with Crippen molar-refractivity contribution < 1.29 is 18.3 Å². The van der Waals surface area contributed by atoms with Crippen molar-refractivity contribution in [3.8, 4) is 5.75 Å². The Kier molecular flexibility index (Phi) is 6.67. The molecule has 1 aliphatic heterocycles. The van der Waals surface area contributed by atoms with Crippen molar-refractivity contribution in [1.29, 1.82) is 0 Å². The van der Waals surface area contributed by atoms with E-state index in [1.54, 1.807) is 23.1 Å². The smallest absolute Gasteiger partial charge is 0.260 e. The summed E-state index contributed by atoms with van der Waals surface area (Å²) in [4.78, 5) is 16.7. The van der Waals surface area contributed by atoms with Crippen molar-refractivity contribution in [2.24, 2.45) is 0 Å². The standard InChI is InChI=1S/C21H23BrF2N2O2/c1-14-11-26(21(27)13-28-20-9-18(24)7-8-19(20)22)15(2)10-25(14)12-16-3-5-17(23)6-4-16/h3-9,14-15H,10-13H2,1-2H3. The summed E-state index contributed by atoms with van der Waals surface area (Å²) < 4.78 is 32.6. The van der Waals surface area contributed by atoms with Crippen LogP contribution in [-0.2, 0) is 11.3 Å². The lowest BCUT2D eigenvalue weighted by Gasteiger charge is -2.44. The van der Waals surface area contributed by atoms with Crippen LogP contribution in [0.2, 0.25) is 0 Å². The number of carbonyl (C=O) groups excluding carboxylic acids is 1. The molecule has 7 heteroatoms. The number of amides is 1. The molecule has 150 valence electrons. The molecule has 0 saturated carbocycles. The van der Waals surface area contributed by atoms with Crippen LogP contribution in [0, 0.1) is 11.6 Å². The normalized spacial score (nSPS) is 20.2. The third kappa shape index (κ3) is 5.08. The van der Waals surface area contributed by atoms with Gasteiger partial charge in [-0.3, -0.25) is 9.69 Å². The zero-order chi connectivity index (χ0) is 20.3. The number of hydrogen-bond acceptors (Lipinski definition) is 3. The van der Waals surface area contributed by atoms with Crippen LogP contribution in [-0.4, -0.2) is 47.5 Å². The van der Waals surface area contributed by atoms with Crippen LogP contribution in [0.15, 0.2) is 46.9 Å². The first-order chi connectivity index (χ1) is 13.3. The average Bonchev–Trinajstić information content (AvgIpc) is 2.66. The summed E-state index contributed by atoms with van der Waals surface area (Å²) in [5.74, 6) is -0.478. The van der Waals surface area contributed by atoms with Crippen molar-refractivity contribution in [3.63, 3.8) is 0 Å². The molecule has 0 spiro atoms. The maximum Gasteiger partial charge on any atom is 0.260 e. The summed E-state index contributed by atoms with van der Waals surface area (Å²) in [7, 11) is 0. The van der Waals surface area contributed by atoms with E-state index in [4.69, 9.17) is 4.74 Å². The molecule has 0 aromatic heterocycles. The first-order valence-electron chi connectivity index (χ1n) is 9.19. The van der Waals surface area contributed by atoms with Gasteiger partial charge in [0.15, 0.2) is 6.61 Å². The van der Waals surface area contributed by atoms with Crippen molar-refractivity contribution >= 4 is 21.8 Å². The maximum atomic E-state index is 13.4. The van der Waals surface area contributed by atoms with Gasteiger partial charge < -0.3 is 9.64 Å². The summed E-state index contributed by atoms with van der Waals surface area (Å²) in [6.07, 6.45) is 0. The van der Waals surface area contributed by atoms with Crippen molar-refractivity contribution in [1.82, 2.24) is 9.80 Å². The van der Waals surface area contributed by atoms with Gasteiger partial charge in [0.1, 0.15) is 17.4 Å². The van der Waals surface area contributed by atoms with E-state index in [9.17, 15) is 13.6 Å². The van der Waals surface area contributed by atoms with Gasteiger partial charge in [0.05, 0.1) is 4.47 Å². The minimum absolute atomic E-state index is 0.0173. The van der Waals surface area contributed by atoms with E-state index in [-0.39, 0.29) is 30.4 Å². The molecule has 0 radical (unpaired) electrons. The number of halogens is 3. The molecule has 2 unspecified atom stereocenters. The molecule has 1 heterocycles. The van der Waals surface area contributed by atoms with E-state index in [2.05, 4.69) is 27.8 Å². The molecule has 4 nitrogen and oxygen atoms in total. The number of benzene rings is 2. The van der Waals surface area contributed by atoms with Crippen LogP contribution in [0.4, 0.5) is 8.78 Å². The largest absolute Gasteiger partial charge is 0.482 e. The van der Waals surface area contributed by atoms with Gasteiger partial charge in [-0.15, -0.1) is 0 Å². The maximum absolute atomic E-state index is 13.4. The average molecular weight is 453 g/mol. The molecule has 1 aliphatic rings. The summed E-state index contributed by atoms with van der Waals surface area (Å²) in [6.45, 7) is 5.93. The Morgan fingerprint density at radius 3 is 2.46 bits per heavy atom. The Bertz CT molecular complexity index is 832. The zero-order valence-corrected chi connectivity index (χ0v) is 17.5. The van der Waals surface area contributed by atoms with Gasteiger partial charge in [0.25, 0.3) is 5.91 Å². The van der Waals surface area contributed by atoms with E-state index in [0.29, 0.717) is 29.9 Å². The molecule has 2 aromatic carbocycles. The van der Waals surface area contributed by atoms with Crippen molar-refractivity contribution in [3.05, 3.63) is 64.1 Å². The fraction of sp³-hybridized carbons (Fsp3) is 0.381. The number of rotatable bonds is 5. The van der Waals surface area contributed by atoms with E-state index < -0.39 is 5.82 Å². The van der Waals surface area contributed by atoms with Crippen LogP contribution in [0.1, 0.15) is 19.4 Å². The van der Waals surface area contributed by atoms with Crippen molar-refractivity contribution in [2.75, 3.05) is 19.7 Å². The first-order valence-corrected chi connectivity index (χ1v) is 9.98. The lowest BCUT2D eigenvalue weighted by Crippen LogP contribution is -2.58. The predicted molar refractivity (Wildman–Crippen MR) is 107 cm³/mol. The lowest BCUT2D eigenvalue weighted by atomic mass is 10.1. The van der Waals surface area contributed by atoms with Gasteiger partial charge in [-0.05, 0) is 59.6 Å². The Labute approximate surface area is 172 Å². The summed E-state index contributed by atoms with van der Waals surface area (Å²) in [5.41, 5.74) is 1.04. The summed E-state index contributed by atoms with van der Waals surface area (Å²) >= 11 is 3.30. The summed E-state index contributed by atoms with van der Waals surface area (Å²) in [6, 6.07) is 10.8. The van der Waals surface area contributed by atoms with Gasteiger partial charge in [-0.1, -0.05) is 12.1 Å². The second-order valence-corrected chi connectivity index (χ2v) is 8.02. The minimum atomic E-state index is -0.415. The molecular weight excluding hydrogens is 430 g/mol. The molecule has 3 rings (SSSR count). The highest BCUT2D eigenvalue weighted by Crippen LogP contribution is 2.26. The van der Waals surface area contributed by atoms with Gasteiger partial charge in [-0.2, -0.15) is 0 Å². The number of hydrogen-bond donors (Lipinski definition) is 0. The highest BCUT2D eigenvalue weighted by Gasteiger charge is 2.32. The van der Waals surface area contributed by atoms with Gasteiger partial charge in [0.2, 0.25) is 0 Å². The fourth-order valence-electron chi connectivity index (χ4n) is 3.40. The molecule has 0 N–H and O–H groups in total. The Balaban J connectivity index is 1.57. The van der Waals surface area contributed by atoms with Crippen molar-refractivity contribution in [2.45, 2.75) is 32.5 Å². The quantitative estimate of drug-likeness (QED) is 0.680. The molecule has 28 heavy (non-hydrogen) atoms. The van der Waals surface area contributed by atoms with Crippen LogP contribution < -0.4 is 4.74 Å². The number of nitrogens with zero attached hydrogens (tertiary/aromatic N) is 2. The second-order valence-electron chi connectivity index (χ2n) is 7.16. The molecule has 0 bridgehead atoms. The molecule has 1 amide bonds. The minimum Gasteiger partial charge on any atom is -0.482 e. The highest BCUT2D eigenvalue weighted by molar-refractivity contribution is 9.10. The topological polar surface area (TPSA) is 32.8 Å². The molecular formula is C21H23BrF2N2O2. The third-order valence-corrected chi connectivity index (χ3v) is 5.63. The SMILES string of the molecule is CC1CN(C(=O)COc2cc(F)ccc2Br)C(C)CN1Cc1ccc(F)cc1. The van der Waals surface area contributed by atoms with E-state index in [1.165, 1.54) is 24.3 Å². The molecule has 2 aromatic rings. The molecule has 2 atom stereocenters. The van der Waals surface area contributed by atoms with Gasteiger partial charge >= 0.3 is 0 Å². The molecule has 1 fully saturated rings. The Morgan fingerprint density at radius 1 is 1.07 bits per heavy atom. The van der Waals surface area contributed by atoms with Crippen LogP contribution in [0.25, 0.3) is 0 Å². The van der Waals surface area contributed by atoms with Crippen LogP contribution >= 0.6 is 15.9 Å².